The Labute approximate surface area is 183 Å². The molecule has 9 heteroatoms. The Kier molecular flexibility index (Phi) is 7.48. The Morgan fingerprint density at radius 2 is 1.97 bits per heavy atom. The number of hydrogen-bond donors (Lipinski definition) is 1. The molecule has 3 heterocycles. The fraction of sp³-hybridized carbons (Fsp3) is 0.636. The first kappa shape index (κ1) is 23.0. The average Bonchev–Trinajstić information content (AvgIpc) is 3.19. The number of likely N-dealkylation sites (tertiary alicyclic amines) is 1. The molecule has 2 amide bonds. The van der Waals surface area contributed by atoms with E-state index in [1.165, 1.54) is 0 Å². The number of carbonyl (C=O) groups is 2. The van der Waals surface area contributed by atoms with Crippen LogP contribution in [-0.4, -0.2) is 76.3 Å². The molecule has 0 unspecified atom stereocenters. The van der Waals surface area contributed by atoms with E-state index < -0.39 is 0 Å². The van der Waals surface area contributed by atoms with Gasteiger partial charge in [0.25, 0.3) is 0 Å². The van der Waals surface area contributed by atoms with Crippen LogP contribution in [0.15, 0.2) is 16.7 Å². The van der Waals surface area contributed by atoms with Crippen LogP contribution in [0.4, 0.5) is 0 Å². The average molecular weight is 431 g/mol. The number of amides is 2. The molecule has 1 saturated heterocycles. The highest BCUT2D eigenvalue weighted by Gasteiger charge is 2.29. The van der Waals surface area contributed by atoms with Gasteiger partial charge in [0.15, 0.2) is 0 Å². The van der Waals surface area contributed by atoms with Crippen LogP contribution in [0.2, 0.25) is 0 Å². The molecule has 0 spiro atoms. The first-order valence-electron chi connectivity index (χ1n) is 10.9. The summed E-state index contributed by atoms with van der Waals surface area (Å²) in [5.41, 5.74) is 2.86. The summed E-state index contributed by atoms with van der Waals surface area (Å²) < 4.78 is 7.08. The van der Waals surface area contributed by atoms with E-state index >= 15 is 0 Å². The van der Waals surface area contributed by atoms with Crippen molar-refractivity contribution >= 4 is 11.8 Å². The minimum absolute atomic E-state index is 0.0133. The van der Waals surface area contributed by atoms with Crippen LogP contribution in [0.1, 0.15) is 35.7 Å². The van der Waals surface area contributed by atoms with Crippen LogP contribution in [0, 0.1) is 26.7 Å². The molecule has 1 aliphatic rings. The maximum Gasteiger partial charge on any atom is 0.227 e. The monoisotopic (exact) mass is 430 g/mol. The number of nitrogens with zero attached hydrogens (tertiary/aromatic N) is 5. The molecule has 170 valence electrons. The molecule has 3 rings (SSSR count). The lowest BCUT2D eigenvalue weighted by Crippen LogP contribution is -2.42. The van der Waals surface area contributed by atoms with Gasteiger partial charge in [-0.3, -0.25) is 14.3 Å². The van der Waals surface area contributed by atoms with Gasteiger partial charge in [0.2, 0.25) is 11.8 Å². The zero-order chi connectivity index (χ0) is 22.5. The van der Waals surface area contributed by atoms with Crippen molar-refractivity contribution in [3.63, 3.8) is 0 Å². The molecule has 31 heavy (non-hydrogen) atoms. The quantitative estimate of drug-likeness (QED) is 0.712. The van der Waals surface area contributed by atoms with Gasteiger partial charge in [-0.05, 0) is 46.7 Å². The van der Waals surface area contributed by atoms with Crippen LogP contribution in [0.5, 0.6) is 0 Å². The molecule has 1 aliphatic heterocycles. The standard InChI is InChI=1S/C22H34N6O3/c1-15-10-17(3)28(24-15)9-8-27(5)22(30)18-6-7-19(14-26(4)13-18)23-21(29)12-20-11-16(2)25-31-20/h10-11,18-19H,6-9,12-14H2,1-5H3,(H,23,29)/t18-,19+/m1/s1. The van der Waals surface area contributed by atoms with Crippen molar-refractivity contribution in [3.05, 3.63) is 35.0 Å². The van der Waals surface area contributed by atoms with Crippen LogP contribution >= 0.6 is 0 Å². The predicted octanol–water partition coefficient (Wildman–Crippen LogP) is 1.32. The number of aryl methyl sites for hydroxylation is 3. The molecule has 1 fully saturated rings. The smallest absolute Gasteiger partial charge is 0.227 e. The van der Waals surface area contributed by atoms with Crippen molar-refractivity contribution in [3.8, 4) is 0 Å². The predicted molar refractivity (Wildman–Crippen MR) is 116 cm³/mol. The van der Waals surface area contributed by atoms with Gasteiger partial charge in [-0.15, -0.1) is 0 Å². The van der Waals surface area contributed by atoms with Gasteiger partial charge in [0.05, 0.1) is 30.3 Å². The van der Waals surface area contributed by atoms with Gasteiger partial charge < -0.3 is 19.6 Å². The fourth-order valence-electron chi connectivity index (χ4n) is 4.24. The third kappa shape index (κ3) is 6.40. The maximum absolute atomic E-state index is 13.0. The summed E-state index contributed by atoms with van der Waals surface area (Å²) in [7, 11) is 3.86. The first-order valence-corrected chi connectivity index (χ1v) is 10.9. The van der Waals surface area contributed by atoms with E-state index in [1.54, 1.807) is 11.0 Å². The summed E-state index contributed by atoms with van der Waals surface area (Å²) in [6.45, 7) is 8.55. The van der Waals surface area contributed by atoms with E-state index in [0.29, 0.717) is 25.4 Å². The maximum atomic E-state index is 13.0. The van der Waals surface area contributed by atoms with Gasteiger partial charge in [0, 0.05) is 44.5 Å². The summed E-state index contributed by atoms with van der Waals surface area (Å²) in [6, 6.07) is 3.83. The minimum Gasteiger partial charge on any atom is -0.361 e. The van der Waals surface area contributed by atoms with Crippen LogP contribution in [0.25, 0.3) is 0 Å². The molecular weight excluding hydrogens is 396 g/mol. The van der Waals surface area contributed by atoms with Crippen molar-refractivity contribution in [2.75, 3.05) is 33.7 Å². The van der Waals surface area contributed by atoms with Gasteiger partial charge in [-0.25, -0.2) is 0 Å². The van der Waals surface area contributed by atoms with E-state index in [1.807, 2.05) is 45.6 Å². The zero-order valence-corrected chi connectivity index (χ0v) is 19.2. The van der Waals surface area contributed by atoms with E-state index in [4.69, 9.17) is 4.52 Å². The Bertz CT molecular complexity index is 905. The van der Waals surface area contributed by atoms with Crippen molar-refractivity contribution in [2.45, 2.75) is 52.6 Å². The second-order valence-electron chi connectivity index (χ2n) is 8.78. The SMILES string of the molecule is Cc1cc(CC(=O)N[C@H]2CC[C@@H](C(=O)N(C)CCn3nc(C)cc3C)CN(C)C2)on1. The minimum atomic E-state index is -0.0821. The van der Waals surface area contributed by atoms with Crippen molar-refractivity contribution in [1.82, 2.24) is 30.1 Å². The van der Waals surface area contributed by atoms with Gasteiger partial charge in [-0.2, -0.15) is 5.10 Å². The third-order valence-electron chi connectivity index (χ3n) is 5.78. The normalized spacial score (nSPS) is 19.8. The van der Waals surface area contributed by atoms with Crippen LogP contribution in [0.3, 0.4) is 0 Å². The Morgan fingerprint density at radius 1 is 1.19 bits per heavy atom. The molecule has 9 nitrogen and oxygen atoms in total. The molecule has 0 bridgehead atoms. The second-order valence-corrected chi connectivity index (χ2v) is 8.78. The fourth-order valence-corrected chi connectivity index (χ4v) is 4.24. The van der Waals surface area contributed by atoms with E-state index in [2.05, 4.69) is 20.5 Å². The first-order chi connectivity index (χ1) is 14.7. The topological polar surface area (TPSA) is 96.5 Å². The van der Waals surface area contributed by atoms with Crippen molar-refractivity contribution in [2.24, 2.45) is 5.92 Å². The van der Waals surface area contributed by atoms with Crippen molar-refractivity contribution in [1.29, 1.82) is 0 Å². The lowest BCUT2D eigenvalue weighted by atomic mass is 10.0. The van der Waals surface area contributed by atoms with Crippen molar-refractivity contribution < 1.29 is 14.1 Å². The van der Waals surface area contributed by atoms with E-state index in [9.17, 15) is 9.59 Å². The highest BCUT2D eigenvalue weighted by molar-refractivity contribution is 5.79. The summed E-state index contributed by atoms with van der Waals surface area (Å²) in [5.74, 6) is 0.558. The molecule has 0 radical (unpaired) electrons. The Hall–Kier alpha value is -2.68. The number of nitrogens with one attached hydrogen (secondary N) is 1. The number of aromatic nitrogens is 3. The van der Waals surface area contributed by atoms with Gasteiger partial charge in [0.1, 0.15) is 5.76 Å². The van der Waals surface area contributed by atoms with Crippen LogP contribution < -0.4 is 5.32 Å². The van der Waals surface area contributed by atoms with Gasteiger partial charge >= 0.3 is 0 Å². The molecule has 2 aromatic heterocycles. The van der Waals surface area contributed by atoms with Gasteiger partial charge in [-0.1, -0.05) is 5.16 Å². The van der Waals surface area contributed by atoms with E-state index in [-0.39, 0.29) is 30.2 Å². The Balaban J connectivity index is 1.49. The van der Waals surface area contributed by atoms with E-state index in [0.717, 1.165) is 36.5 Å². The summed E-state index contributed by atoms with van der Waals surface area (Å²) >= 11 is 0. The summed E-state index contributed by atoms with van der Waals surface area (Å²) in [5, 5.41) is 11.4. The zero-order valence-electron chi connectivity index (χ0n) is 19.2. The lowest BCUT2D eigenvalue weighted by molar-refractivity contribution is -0.135. The number of hydrogen-bond acceptors (Lipinski definition) is 6. The largest absolute Gasteiger partial charge is 0.361 e. The third-order valence-corrected chi connectivity index (χ3v) is 5.78. The lowest BCUT2D eigenvalue weighted by Gasteiger charge is -2.25. The molecule has 0 saturated carbocycles. The number of rotatable bonds is 7. The summed E-state index contributed by atoms with van der Waals surface area (Å²) in [6.07, 6.45) is 1.70. The highest BCUT2D eigenvalue weighted by atomic mass is 16.5. The molecule has 0 aliphatic carbocycles. The van der Waals surface area contributed by atoms with Crippen LogP contribution in [-0.2, 0) is 22.6 Å². The number of likely N-dealkylation sites (N-methyl/N-ethyl adjacent to an activating group) is 2. The Morgan fingerprint density at radius 3 is 2.61 bits per heavy atom. The highest BCUT2D eigenvalue weighted by Crippen LogP contribution is 2.18. The molecule has 2 atom stereocenters. The second kappa shape index (κ2) is 10.1. The molecular formula is C22H34N6O3. The molecule has 0 aromatic carbocycles. The number of carbonyl (C=O) groups excluding carboxylic acids is 2. The molecule has 2 aromatic rings. The summed E-state index contributed by atoms with van der Waals surface area (Å²) in [4.78, 5) is 29.4. The molecule has 1 N–H and O–H groups in total.